The number of rotatable bonds is 2. The highest BCUT2D eigenvalue weighted by molar-refractivity contribution is 6.31. The van der Waals surface area contributed by atoms with Crippen molar-refractivity contribution in [2.45, 2.75) is 6.18 Å². The SMILES string of the molecule is Cn1c(Nc2c[nH]c3cc(F)c(Cl)cc23)nc2cc(C(F)(F)F)ccc21. The number of aromatic nitrogens is 3. The monoisotopic (exact) mass is 382 g/mol. The van der Waals surface area contributed by atoms with E-state index < -0.39 is 17.6 Å². The van der Waals surface area contributed by atoms with Gasteiger partial charge >= 0.3 is 6.18 Å². The average molecular weight is 383 g/mol. The van der Waals surface area contributed by atoms with E-state index in [-0.39, 0.29) is 10.5 Å². The Hall–Kier alpha value is -2.74. The van der Waals surface area contributed by atoms with E-state index >= 15 is 0 Å². The number of hydrogen-bond donors (Lipinski definition) is 2. The molecule has 2 aromatic heterocycles. The summed E-state index contributed by atoms with van der Waals surface area (Å²) in [5.74, 6) is -0.198. The minimum Gasteiger partial charge on any atom is -0.359 e. The van der Waals surface area contributed by atoms with E-state index in [0.717, 1.165) is 12.1 Å². The van der Waals surface area contributed by atoms with Crippen LogP contribution in [-0.4, -0.2) is 14.5 Å². The van der Waals surface area contributed by atoms with Gasteiger partial charge in [-0.3, -0.25) is 0 Å². The minimum absolute atomic E-state index is 0.0278. The van der Waals surface area contributed by atoms with Gasteiger partial charge in [0.15, 0.2) is 0 Å². The Labute approximate surface area is 149 Å². The van der Waals surface area contributed by atoms with Crippen LogP contribution in [-0.2, 0) is 13.2 Å². The second kappa shape index (κ2) is 5.63. The van der Waals surface area contributed by atoms with Gasteiger partial charge in [-0.25, -0.2) is 9.37 Å². The fourth-order valence-electron chi connectivity index (χ4n) is 2.83. The summed E-state index contributed by atoms with van der Waals surface area (Å²) in [5.41, 5.74) is 1.12. The Morgan fingerprint density at radius 1 is 1.19 bits per heavy atom. The van der Waals surface area contributed by atoms with Gasteiger partial charge in [-0.2, -0.15) is 13.2 Å². The van der Waals surface area contributed by atoms with Crippen molar-refractivity contribution < 1.29 is 17.6 Å². The smallest absolute Gasteiger partial charge is 0.359 e. The molecule has 134 valence electrons. The van der Waals surface area contributed by atoms with Crippen LogP contribution in [0.2, 0.25) is 5.02 Å². The lowest BCUT2D eigenvalue weighted by molar-refractivity contribution is -0.137. The van der Waals surface area contributed by atoms with Gasteiger partial charge < -0.3 is 14.9 Å². The molecule has 0 radical (unpaired) electrons. The molecule has 0 unspecified atom stereocenters. The van der Waals surface area contributed by atoms with Gasteiger partial charge in [0.1, 0.15) is 5.82 Å². The number of imidazole rings is 1. The molecule has 0 atom stereocenters. The predicted octanol–water partition coefficient (Wildman–Crippen LogP) is 5.61. The first-order valence-corrected chi connectivity index (χ1v) is 7.88. The largest absolute Gasteiger partial charge is 0.416 e. The lowest BCUT2D eigenvalue weighted by atomic mass is 10.2. The molecule has 0 saturated carbocycles. The van der Waals surface area contributed by atoms with Crippen molar-refractivity contribution in [3.05, 3.63) is 52.9 Å². The maximum Gasteiger partial charge on any atom is 0.416 e. The Morgan fingerprint density at radius 3 is 2.69 bits per heavy atom. The third kappa shape index (κ3) is 2.66. The molecule has 26 heavy (non-hydrogen) atoms. The number of benzene rings is 2. The van der Waals surface area contributed by atoms with E-state index in [4.69, 9.17) is 11.6 Å². The van der Waals surface area contributed by atoms with E-state index in [1.165, 1.54) is 18.2 Å². The zero-order valence-electron chi connectivity index (χ0n) is 13.2. The Bertz CT molecular complexity index is 1140. The maximum absolute atomic E-state index is 13.5. The van der Waals surface area contributed by atoms with Crippen LogP contribution in [0.5, 0.6) is 0 Å². The molecule has 0 amide bonds. The van der Waals surface area contributed by atoms with Crippen LogP contribution >= 0.6 is 11.6 Å². The van der Waals surface area contributed by atoms with Crippen molar-refractivity contribution in [1.29, 1.82) is 0 Å². The third-order valence-corrected chi connectivity index (χ3v) is 4.47. The molecule has 2 heterocycles. The lowest BCUT2D eigenvalue weighted by Gasteiger charge is -2.06. The molecule has 4 aromatic rings. The summed E-state index contributed by atoms with van der Waals surface area (Å²) >= 11 is 5.83. The van der Waals surface area contributed by atoms with Crippen LogP contribution in [0.25, 0.3) is 21.9 Å². The molecule has 0 bridgehead atoms. The van der Waals surface area contributed by atoms with E-state index in [2.05, 4.69) is 15.3 Å². The van der Waals surface area contributed by atoms with E-state index in [1.54, 1.807) is 17.8 Å². The first-order valence-electron chi connectivity index (χ1n) is 7.51. The van der Waals surface area contributed by atoms with Gasteiger partial charge in [0.2, 0.25) is 5.95 Å². The summed E-state index contributed by atoms with van der Waals surface area (Å²) in [5, 5.41) is 3.66. The zero-order valence-corrected chi connectivity index (χ0v) is 14.0. The van der Waals surface area contributed by atoms with Crippen molar-refractivity contribution in [3.63, 3.8) is 0 Å². The Kier molecular flexibility index (Phi) is 3.62. The second-order valence-electron chi connectivity index (χ2n) is 5.83. The summed E-state index contributed by atoms with van der Waals surface area (Å²) in [6.07, 6.45) is -2.82. The fourth-order valence-corrected chi connectivity index (χ4v) is 2.99. The standard InChI is InChI=1S/C17H11ClF4N4/c1-26-15-3-2-8(17(20,21)22)4-13(15)24-16(26)25-14-7-23-12-6-11(19)10(18)5-9(12)14/h2-7,23H,1H3,(H,24,25). The minimum atomic E-state index is -4.43. The molecule has 0 aliphatic carbocycles. The molecule has 0 spiro atoms. The number of halogens is 5. The molecule has 4 nitrogen and oxygen atoms in total. The summed E-state index contributed by atoms with van der Waals surface area (Å²) in [7, 11) is 1.69. The molecule has 0 fully saturated rings. The van der Waals surface area contributed by atoms with Crippen LogP contribution in [0.15, 0.2) is 36.5 Å². The molecule has 2 aromatic carbocycles. The lowest BCUT2D eigenvalue weighted by Crippen LogP contribution is -2.04. The summed E-state index contributed by atoms with van der Waals surface area (Å²) in [6, 6.07) is 6.13. The van der Waals surface area contributed by atoms with Crippen molar-refractivity contribution in [2.75, 3.05) is 5.32 Å². The quantitative estimate of drug-likeness (QED) is 0.443. The molecule has 2 N–H and O–H groups in total. The van der Waals surface area contributed by atoms with Crippen molar-refractivity contribution in [2.24, 2.45) is 7.05 Å². The van der Waals surface area contributed by atoms with Crippen LogP contribution in [0, 0.1) is 5.82 Å². The highest BCUT2D eigenvalue weighted by Crippen LogP contribution is 2.33. The van der Waals surface area contributed by atoms with Crippen LogP contribution in [0.3, 0.4) is 0 Å². The van der Waals surface area contributed by atoms with Crippen molar-refractivity contribution in [1.82, 2.24) is 14.5 Å². The third-order valence-electron chi connectivity index (χ3n) is 4.18. The Morgan fingerprint density at radius 2 is 1.96 bits per heavy atom. The topological polar surface area (TPSA) is 45.6 Å². The average Bonchev–Trinajstić information content (AvgIpc) is 3.09. The van der Waals surface area contributed by atoms with Crippen LogP contribution in [0.4, 0.5) is 29.2 Å². The number of anilines is 2. The number of nitrogens with zero attached hydrogens (tertiary/aromatic N) is 2. The molecule has 4 rings (SSSR count). The summed E-state index contributed by atoms with van der Waals surface area (Å²) in [4.78, 5) is 7.15. The number of aryl methyl sites for hydroxylation is 1. The van der Waals surface area contributed by atoms with Crippen molar-refractivity contribution >= 4 is 45.2 Å². The van der Waals surface area contributed by atoms with Gasteiger partial charge in [-0.1, -0.05) is 11.6 Å². The van der Waals surface area contributed by atoms with Gasteiger partial charge in [-0.05, 0) is 30.3 Å². The number of alkyl halides is 3. The summed E-state index contributed by atoms with van der Waals surface area (Å²) < 4.78 is 53.8. The number of aromatic amines is 1. The van der Waals surface area contributed by atoms with Crippen molar-refractivity contribution in [3.8, 4) is 0 Å². The molecule has 9 heteroatoms. The van der Waals surface area contributed by atoms with E-state index in [1.807, 2.05) is 0 Å². The normalized spacial score (nSPS) is 12.2. The molecule has 0 saturated heterocycles. The highest BCUT2D eigenvalue weighted by atomic mass is 35.5. The van der Waals surface area contributed by atoms with Gasteiger partial charge in [-0.15, -0.1) is 0 Å². The van der Waals surface area contributed by atoms with Crippen LogP contribution < -0.4 is 5.32 Å². The van der Waals surface area contributed by atoms with Crippen LogP contribution in [0.1, 0.15) is 5.56 Å². The number of nitrogens with one attached hydrogen (secondary N) is 2. The maximum atomic E-state index is 13.5. The molecule has 0 aliphatic rings. The van der Waals surface area contributed by atoms with E-state index in [9.17, 15) is 17.6 Å². The fraction of sp³-hybridized carbons (Fsp3) is 0.118. The highest BCUT2D eigenvalue weighted by Gasteiger charge is 2.31. The second-order valence-corrected chi connectivity index (χ2v) is 6.24. The van der Waals surface area contributed by atoms with E-state index in [0.29, 0.717) is 28.1 Å². The summed E-state index contributed by atoms with van der Waals surface area (Å²) in [6.45, 7) is 0. The predicted molar refractivity (Wildman–Crippen MR) is 92.3 cm³/mol. The first kappa shape index (κ1) is 16.7. The zero-order chi connectivity index (χ0) is 18.6. The number of hydrogen-bond acceptors (Lipinski definition) is 2. The molecule has 0 aliphatic heterocycles. The number of fused-ring (bicyclic) bond motifs is 2. The number of H-pyrrole nitrogens is 1. The van der Waals surface area contributed by atoms with Gasteiger partial charge in [0, 0.05) is 18.6 Å². The molecular weight excluding hydrogens is 372 g/mol. The first-order chi connectivity index (χ1) is 12.2. The Balaban J connectivity index is 1.78. The van der Waals surface area contributed by atoms with Gasteiger partial charge in [0.05, 0.1) is 32.8 Å². The van der Waals surface area contributed by atoms with Gasteiger partial charge in [0.25, 0.3) is 0 Å². The molecular formula is C17H11ClF4N4.